The first-order chi connectivity index (χ1) is 33.7. The Balaban J connectivity index is 0.000000284. The van der Waals surface area contributed by atoms with Gasteiger partial charge in [-0.3, -0.25) is 0 Å². The summed E-state index contributed by atoms with van der Waals surface area (Å²) in [6.07, 6.45) is 30.1. The topological polar surface area (TPSA) is 0 Å². The van der Waals surface area contributed by atoms with Crippen LogP contribution < -0.4 is 0 Å². The maximum Gasteiger partial charge on any atom is -0.00298 e. The molecule has 0 aliphatic heterocycles. The molecule has 0 bridgehead atoms. The summed E-state index contributed by atoms with van der Waals surface area (Å²) in [6.45, 7) is 23.8. The molecule has 6 aromatic rings. The number of rotatable bonds is 15. The first-order valence-electron chi connectivity index (χ1n) is 25.7. The fourth-order valence-corrected chi connectivity index (χ4v) is 9.99. The van der Waals surface area contributed by atoms with E-state index in [4.69, 9.17) is 0 Å². The molecule has 0 fully saturated rings. The molecule has 0 saturated heterocycles. The smallest absolute Gasteiger partial charge is 0.00298 e. The second-order valence-corrected chi connectivity index (χ2v) is 18.4. The molecule has 69 heavy (non-hydrogen) atoms. The van der Waals surface area contributed by atoms with Crippen LogP contribution in [0.2, 0.25) is 0 Å². The average Bonchev–Trinajstić information content (AvgIpc) is 3.83. The van der Waals surface area contributed by atoms with Gasteiger partial charge in [-0.05, 0) is 170 Å². The van der Waals surface area contributed by atoms with Crippen LogP contribution in [-0.2, 0) is 6.42 Å². The van der Waals surface area contributed by atoms with E-state index >= 15 is 0 Å². The van der Waals surface area contributed by atoms with Gasteiger partial charge in [0.25, 0.3) is 0 Å². The molecule has 352 valence electrons. The second-order valence-electron chi connectivity index (χ2n) is 18.4. The normalized spacial score (nSPS) is 15.8. The highest BCUT2D eigenvalue weighted by molar-refractivity contribution is 5.89. The SMILES string of the molecule is C=C/C=C\C=C(/C)c1c(C)ccc2c1CC=C2/C=C\CC.CC.CCC=CC(C)(C(C)CC)C1CC=C(c2cccc(-c3cc(-c4ccccc4)cc(-c4ccccc4)c3)c2)C=C1c1ccccc1. The van der Waals surface area contributed by atoms with Gasteiger partial charge in [0.1, 0.15) is 0 Å². The van der Waals surface area contributed by atoms with Crippen molar-refractivity contribution in [2.45, 2.75) is 94.4 Å². The molecule has 0 heterocycles. The molecule has 0 saturated carbocycles. The van der Waals surface area contributed by atoms with Gasteiger partial charge in [-0.15, -0.1) is 0 Å². The summed E-state index contributed by atoms with van der Waals surface area (Å²) in [5.74, 6) is 0.983. The van der Waals surface area contributed by atoms with Crippen LogP contribution >= 0.6 is 0 Å². The van der Waals surface area contributed by atoms with Crippen molar-refractivity contribution in [3.63, 3.8) is 0 Å². The predicted molar refractivity (Wildman–Crippen MR) is 307 cm³/mol. The van der Waals surface area contributed by atoms with Gasteiger partial charge in [-0.2, -0.15) is 0 Å². The summed E-state index contributed by atoms with van der Waals surface area (Å²) in [7, 11) is 0. The van der Waals surface area contributed by atoms with Crippen LogP contribution in [-0.4, -0.2) is 0 Å². The summed E-state index contributed by atoms with van der Waals surface area (Å²) >= 11 is 0. The number of fused-ring (bicyclic) bond motifs is 1. The summed E-state index contributed by atoms with van der Waals surface area (Å²) in [6, 6.07) is 53.2. The van der Waals surface area contributed by atoms with Crippen molar-refractivity contribution < 1.29 is 0 Å². The third-order valence-electron chi connectivity index (χ3n) is 14.1. The predicted octanol–water partition coefficient (Wildman–Crippen LogP) is 20.3. The third-order valence-corrected chi connectivity index (χ3v) is 14.1. The van der Waals surface area contributed by atoms with Crippen LogP contribution in [0.4, 0.5) is 0 Å². The highest BCUT2D eigenvalue weighted by atomic mass is 14.4. The number of allylic oxidation sites excluding steroid dienone is 15. The van der Waals surface area contributed by atoms with Crippen molar-refractivity contribution in [2.75, 3.05) is 0 Å². The van der Waals surface area contributed by atoms with Crippen LogP contribution in [0.3, 0.4) is 0 Å². The van der Waals surface area contributed by atoms with E-state index in [1.165, 1.54) is 89.1 Å². The lowest BCUT2D eigenvalue weighted by Gasteiger charge is -2.43. The molecule has 0 N–H and O–H groups in total. The molecule has 3 unspecified atom stereocenters. The lowest BCUT2D eigenvalue weighted by Crippen LogP contribution is -2.33. The molecule has 0 nitrogen and oxygen atoms in total. The van der Waals surface area contributed by atoms with E-state index in [2.05, 4.69) is 255 Å². The van der Waals surface area contributed by atoms with Gasteiger partial charge >= 0.3 is 0 Å². The van der Waals surface area contributed by atoms with Crippen LogP contribution in [0, 0.1) is 24.2 Å². The van der Waals surface area contributed by atoms with Crippen LogP contribution in [0.25, 0.3) is 55.7 Å². The lowest BCUT2D eigenvalue weighted by atomic mass is 9.61. The molecule has 0 spiro atoms. The molecule has 0 radical (unpaired) electrons. The number of benzene rings is 6. The number of hydrogen-bond donors (Lipinski definition) is 0. The van der Waals surface area contributed by atoms with E-state index in [9.17, 15) is 0 Å². The molecular formula is C69H76. The zero-order valence-corrected chi connectivity index (χ0v) is 43.1. The highest BCUT2D eigenvalue weighted by Crippen LogP contribution is 2.50. The maximum absolute atomic E-state index is 3.71. The monoisotopic (exact) mass is 905 g/mol. The summed E-state index contributed by atoms with van der Waals surface area (Å²) in [5.41, 5.74) is 21.1. The first kappa shape index (κ1) is 51.6. The van der Waals surface area contributed by atoms with E-state index < -0.39 is 0 Å². The second kappa shape index (κ2) is 25.6. The fraction of sp³-hybridized carbons (Fsp3) is 0.246. The van der Waals surface area contributed by atoms with Crippen LogP contribution in [0.1, 0.15) is 114 Å². The average molecular weight is 905 g/mol. The third kappa shape index (κ3) is 12.7. The van der Waals surface area contributed by atoms with E-state index in [0.29, 0.717) is 11.8 Å². The Hall–Kier alpha value is -6.76. The summed E-state index contributed by atoms with van der Waals surface area (Å²) in [5, 5.41) is 0. The zero-order valence-electron chi connectivity index (χ0n) is 43.1. The Kier molecular flexibility index (Phi) is 19.1. The van der Waals surface area contributed by atoms with Gasteiger partial charge in [0.05, 0.1) is 0 Å². The Morgan fingerprint density at radius 2 is 1.20 bits per heavy atom. The van der Waals surface area contributed by atoms with Gasteiger partial charge in [0.2, 0.25) is 0 Å². The van der Waals surface area contributed by atoms with Crippen molar-refractivity contribution in [1.29, 1.82) is 0 Å². The van der Waals surface area contributed by atoms with Crippen molar-refractivity contribution >= 4 is 22.3 Å². The van der Waals surface area contributed by atoms with Gasteiger partial charge in [0, 0.05) is 0 Å². The van der Waals surface area contributed by atoms with Crippen molar-refractivity contribution in [3.05, 3.63) is 252 Å². The molecule has 2 aliphatic rings. The Morgan fingerprint density at radius 1 is 0.652 bits per heavy atom. The Bertz CT molecular complexity index is 2780. The quantitative estimate of drug-likeness (QED) is 0.0711. The summed E-state index contributed by atoms with van der Waals surface area (Å²) in [4.78, 5) is 0. The molecule has 0 aromatic heterocycles. The van der Waals surface area contributed by atoms with E-state index in [-0.39, 0.29) is 5.41 Å². The van der Waals surface area contributed by atoms with Crippen molar-refractivity contribution in [2.24, 2.45) is 17.3 Å². The molecule has 3 atom stereocenters. The van der Waals surface area contributed by atoms with E-state index in [1.807, 2.05) is 19.9 Å². The van der Waals surface area contributed by atoms with Crippen molar-refractivity contribution in [1.82, 2.24) is 0 Å². The van der Waals surface area contributed by atoms with Crippen molar-refractivity contribution in [3.8, 4) is 33.4 Å². The van der Waals surface area contributed by atoms with Gasteiger partial charge in [0.15, 0.2) is 0 Å². The minimum atomic E-state index is 0.0715. The minimum absolute atomic E-state index is 0.0715. The fourth-order valence-electron chi connectivity index (χ4n) is 9.99. The molecule has 6 aromatic carbocycles. The van der Waals surface area contributed by atoms with Crippen LogP contribution in [0.15, 0.2) is 219 Å². The van der Waals surface area contributed by atoms with Gasteiger partial charge < -0.3 is 0 Å². The van der Waals surface area contributed by atoms with E-state index in [1.54, 1.807) is 6.08 Å². The molecular weight excluding hydrogens is 829 g/mol. The zero-order chi connectivity index (χ0) is 49.2. The Labute approximate surface area is 417 Å². The van der Waals surface area contributed by atoms with Gasteiger partial charge in [-0.1, -0.05) is 250 Å². The van der Waals surface area contributed by atoms with Crippen LogP contribution in [0.5, 0.6) is 0 Å². The molecule has 0 heteroatoms. The number of hydrogen-bond acceptors (Lipinski definition) is 0. The minimum Gasteiger partial charge on any atom is -0.0991 e. The summed E-state index contributed by atoms with van der Waals surface area (Å²) < 4.78 is 0. The largest absolute Gasteiger partial charge is 0.0991 e. The number of aryl methyl sites for hydroxylation is 1. The molecule has 2 aliphatic carbocycles. The maximum atomic E-state index is 3.71. The molecule has 8 rings (SSSR count). The molecule has 0 amide bonds. The first-order valence-corrected chi connectivity index (χ1v) is 25.7. The van der Waals surface area contributed by atoms with Gasteiger partial charge in [-0.25, -0.2) is 0 Å². The standard InChI is InChI=1S/C46H46.C21H24.C2H6/c1-5-7-28-46(4,34(3)6-2)45-27-26-40(33-44(45)37-22-15-10-16-23-37)38-24-17-25-39(29-38)43-31-41(35-18-11-8-12-19-35)30-42(32-43)36-20-13-9-14-21-36;1-5-7-9-10-16(3)21-17(4)12-14-19-18(11-8-6-2)13-15-20(19)21;1-2/h7-26,28-34,45H,5-6,27H2,1-4H3;5,7-14H,1,6,15H2,2-4H3;1-2H3/b;9-7-,11-8-,16-10+;. The Morgan fingerprint density at radius 3 is 1.78 bits per heavy atom. The lowest BCUT2D eigenvalue weighted by molar-refractivity contribution is 0.200. The van der Waals surface area contributed by atoms with E-state index in [0.717, 1.165) is 32.1 Å². The highest BCUT2D eigenvalue weighted by Gasteiger charge is 2.39.